The van der Waals surface area contributed by atoms with E-state index in [1.165, 1.54) is 0 Å². The fraction of sp³-hybridized carbons (Fsp3) is 0.192. The second kappa shape index (κ2) is 8.43. The van der Waals surface area contributed by atoms with Crippen LogP contribution in [0.3, 0.4) is 0 Å². The van der Waals surface area contributed by atoms with Crippen molar-refractivity contribution in [1.29, 1.82) is 0 Å². The van der Waals surface area contributed by atoms with Crippen molar-refractivity contribution in [2.45, 2.75) is 13.3 Å². The smallest absolute Gasteiger partial charge is 0.259 e. The standard InChI is InChI=1S/C26H24N4O3/c1-17-22-14-16-29(26(31)18-6-10-20(32-2)11-7-18)25-23(5-4-15-27-25)24(22)28-30(17)19-8-12-21(33-3)13-9-19/h4-13,15H,14,16H2,1-3H3. The Labute approximate surface area is 192 Å². The third kappa shape index (κ3) is 3.61. The highest BCUT2D eigenvalue weighted by Crippen LogP contribution is 2.37. The maximum Gasteiger partial charge on any atom is 0.259 e. The monoisotopic (exact) mass is 440 g/mol. The van der Waals surface area contributed by atoms with Crippen molar-refractivity contribution in [3.63, 3.8) is 0 Å². The van der Waals surface area contributed by atoms with E-state index in [9.17, 15) is 4.79 Å². The quantitative estimate of drug-likeness (QED) is 0.469. The van der Waals surface area contributed by atoms with E-state index in [4.69, 9.17) is 14.6 Å². The van der Waals surface area contributed by atoms with Crippen LogP contribution in [0.2, 0.25) is 0 Å². The van der Waals surface area contributed by atoms with Gasteiger partial charge in [-0.2, -0.15) is 5.10 Å². The molecule has 7 nitrogen and oxygen atoms in total. The van der Waals surface area contributed by atoms with Gasteiger partial charge < -0.3 is 9.47 Å². The number of pyridine rings is 1. The van der Waals surface area contributed by atoms with E-state index in [1.807, 2.05) is 41.1 Å². The van der Waals surface area contributed by atoms with E-state index in [2.05, 4.69) is 11.9 Å². The average Bonchev–Trinajstić information content (AvgIpc) is 3.10. The minimum Gasteiger partial charge on any atom is -0.497 e. The number of carbonyl (C=O) groups excluding carboxylic acids is 1. The third-order valence-corrected chi connectivity index (χ3v) is 6.02. The van der Waals surface area contributed by atoms with Gasteiger partial charge in [0.25, 0.3) is 5.91 Å². The van der Waals surface area contributed by atoms with Gasteiger partial charge in [0.15, 0.2) is 0 Å². The molecule has 0 N–H and O–H groups in total. The summed E-state index contributed by atoms with van der Waals surface area (Å²) in [4.78, 5) is 19.8. The normalized spacial score (nSPS) is 12.5. The van der Waals surface area contributed by atoms with Gasteiger partial charge >= 0.3 is 0 Å². The van der Waals surface area contributed by atoms with Gasteiger partial charge in [0.2, 0.25) is 0 Å². The Balaban J connectivity index is 1.56. The second-order valence-corrected chi connectivity index (χ2v) is 7.83. The number of hydrogen-bond donors (Lipinski definition) is 0. The van der Waals surface area contributed by atoms with E-state index >= 15 is 0 Å². The summed E-state index contributed by atoms with van der Waals surface area (Å²) in [6.07, 6.45) is 2.39. The summed E-state index contributed by atoms with van der Waals surface area (Å²) >= 11 is 0. The van der Waals surface area contributed by atoms with E-state index in [1.54, 1.807) is 49.6 Å². The number of rotatable bonds is 4. The fourth-order valence-corrected chi connectivity index (χ4v) is 4.24. The molecule has 33 heavy (non-hydrogen) atoms. The highest BCUT2D eigenvalue weighted by Gasteiger charge is 2.29. The Morgan fingerprint density at radius 1 is 0.939 bits per heavy atom. The van der Waals surface area contributed by atoms with Gasteiger partial charge in [0, 0.05) is 35.1 Å². The van der Waals surface area contributed by atoms with Crippen molar-refractivity contribution < 1.29 is 14.3 Å². The molecule has 0 bridgehead atoms. The van der Waals surface area contributed by atoms with E-state index in [0.717, 1.165) is 34.0 Å². The van der Waals surface area contributed by atoms with E-state index < -0.39 is 0 Å². The molecule has 1 amide bonds. The summed E-state index contributed by atoms with van der Waals surface area (Å²) in [6, 6.07) is 18.8. The summed E-state index contributed by atoms with van der Waals surface area (Å²) in [7, 11) is 3.26. The van der Waals surface area contributed by atoms with Crippen molar-refractivity contribution in [3.8, 4) is 28.4 Å². The second-order valence-electron chi connectivity index (χ2n) is 7.83. The maximum atomic E-state index is 13.4. The van der Waals surface area contributed by atoms with E-state index in [0.29, 0.717) is 30.1 Å². The summed E-state index contributed by atoms with van der Waals surface area (Å²) < 4.78 is 12.4. The van der Waals surface area contributed by atoms with Crippen LogP contribution in [0.4, 0.5) is 5.82 Å². The number of methoxy groups -OCH3 is 2. The minimum atomic E-state index is -0.0940. The molecule has 0 spiro atoms. The van der Waals surface area contributed by atoms with Gasteiger partial charge in [-0.1, -0.05) is 0 Å². The lowest BCUT2D eigenvalue weighted by Crippen LogP contribution is -2.33. The largest absolute Gasteiger partial charge is 0.497 e. The Kier molecular flexibility index (Phi) is 5.30. The molecular formula is C26H24N4O3. The number of hydrogen-bond acceptors (Lipinski definition) is 5. The Hall–Kier alpha value is -4.13. The molecule has 2 aromatic carbocycles. The highest BCUT2D eigenvalue weighted by molar-refractivity contribution is 6.07. The van der Waals surface area contributed by atoms with Crippen LogP contribution in [-0.2, 0) is 6.42 Å². The van der Waals surface area contributed by atoms with Crippen LogP contribution in [0.1, 0.15) is 21.6 Å². The molecule has 0 aliphatic carbocycles. The van der Waals surface area contributed by atoms with Crippen molar-refractivity contribution in [2.75, 3.05) is 25.7 Å². The van der Waals surface area contributed by atoms with Gasteiger partial charge in [-0.3, -0.25) is 9.69 Å². The summed E-state index contributed by atoms with van der Waals surface area (Å²) in [5, 5.41) is 4.95. The fourth-order valence-electron chi connectivity index (χ4n) is 4.24. The van der Waals surface area contributed by atoms with Gasteiger partial charge in [0.1, 0.15) is 17.3 Å². The van der Waals surface area contributed by atoms with Gasteiger partial charge in [-0.25, -0.2) is 9.67 Å². The molecule has 1 aliphatic heterocycles. The van der Waals surface area contributed by atoms with Crippen molar-refractivity contribution >= 4 is 11.7 Å². The molecule has 0 radical (unpaired) electrons. The van der Waals surface area contributed by atoms with Crippen LogP contribution in [0, 0.1) is 6.92 Å². The first-order chi connectivity index (χ1) is 16.1. The molecule has 1 aliphatic rings. The Bertz CT molecular complexity index is 1310. The lowest BCUT2D eigenvalue weighted by molar-refractivity contribution is 0.0986. The molecule has 2 aromatic heterocycles. The van der Waals surface area contributed by atoms with Crippen LogP contribution in [0.5, 0.6) is 11.5 Å². The Morgan fingerprint density at radius 2 is 1.61 bits per heavy atom. The predicted molar refractivity (Wildman–Crippen MR) is 126 cm³/mol. The topological polar surface area (TPSA) is 69.5 Å². The van der Waals surface area contributed by atoms with Crippen LogP contribution < -0.4 is 14.4 Å². The molecule has 0 fully saturated rings. The first-order valence-electron chi connectivity index (χ1n) is 10.7. The number of nitrogens with zero attached hydrogens (tertiary/aromatic N) is 4. The summed E-state index contributed by atoms with van der Waals surface area (Å²) in [6.45, 7) is 2.57. The lowest BCUT2D eigenvalue weighted by Gasteiger charge is -2.22. The van der Waals surface area contributed by atoms with Crippen LogP contribution in [0.15, 0.2) is 66.9 Å². The molecule has 166 valence electrons. The average molecular weight is 441 g/mol. The summed E-state index contributed by atoms with van der Waals surface area (Å²) in [5.41, 5.74) is 5.41. The van der Waals surface area contributed by atoms with Crippen molar-refractivity contribution in [1.82, 2.24) is 14.8 Å². The molecule has 0 unspecified atom stereocenters. The number of benzene rings is 2. The SMILES string of the molecule is COc1ccc(C(=O)N2CCc3c(nn(-c4ccc(OC)cc4)c3C)-c3cccnc32)cc1. The zero-order valence-corrected chi connectivity index (χ0v) is 18.8. The van der Waals surface area contributed by atoms with Gasteiger partial charge in [-0.15, -0.1) is 0 Å². The first-order valence-corrected chi connectivity index (χ1v) is 10.7. The predicted octanol–water partition coefficient (Wildman–Crippen LogP) is 4.46. The maximum absolute atomic E-state index is 13.4. The van der Waals surface area contributed by atoms with Crippen LogP contribution in [0.25, 0.3) is 16.9 Å². The molecule has 4 aromatic rings. The number of carbonyl (C=O) groups is 1. The zero-order valence-electron chi connectivity index (χ0n) is 18.8. The number of ether oxygens (including phenoxy) is 2. The lowest BCUT2D eigenvalue weighted by atomic mass is 10.1. The third-order valence-electron chi connectivity index (χ3n) is 6.02. The number of amides is 1. The number of anilines is 1. The first kappa shape index (κ1) is 20.8. The highest BCUT2D eigenvalue weighted by atomic mass is 16.5. The number of fused-ring (bicyclic) bond motifs is 3. The van der Waals surface area contributed by atoms with Crippen molar-refractivity contribution in [3.05, 3.63) is 83.7 Å². The molecule has 0 atom stereocenters. The molecule has 0 saturated carbocycles. The molecule has 7 heteroatoms. The molecule has 5 rings (SSSR count). The van der Waals surface area contributed by atoms with Crippen molar-refractivity contribution in [2.24, 2.45) is 0 Å². The van der Waals surface area contributed by atoms with Crippen LogP contribution >= 0.6 is 0 Å². The Morgan fingerprint density at radius 3 is 2.27 bits per heavy atom. The molecular weight excluding hydrogens is 416 g/mol. The van der Waals surface area contributed by atoms with Gasteiger partial charge in [0.05, 0.1) is 25.6 Å². The van der Waals surface area contributed by atoms with Gasteiger partial charge in [-0.05, 0) is 74.0 Å². The molecule has 3 heterocycles. The van der Waals surface area contributed by atoms with Crippen LogP contribution in [-0.4, -0.2) is 41.4 Å². The minimum absolute atomic E-state index is 0.0940. The number of aromatic nitrogens is 3. The van der Waals surface area contributed by atoms with E-state index in [-0.39, 0.29) is 5.91 Å². The zero-order chi connectivity index (χ0) is 22.9. The summed E-state index contributed by atoms with van der Waals surface area (Å²) in [5.74, 6) is 2.04. The molecule has 0 saturated heterocycles.